The Kier molecular flexibility index (Phi) is 5.97. The lowest BCUT2D eigenvalue weighted by atomic mass is 10.1. The average molecular weight is 439 g/mol. The van der Waals surface area contributed by atoms with Crippen molar-refractivity contribution in [2.75, 3.05) is 32.0 Å². The minimum atomic E-state index is -0.438. The molecule has 4 rings (SSSR count). The fourth-order valence-electron chi connectivity index (χ4n) is 3.61. The van der Waals surface area contributed by atoms with Crippen LogP contribution >= 0.6 is 11.3 Å². The van der Waals surface area contributed by atoms with Gasteiger partial charge in [0.15, 0.2) is 0 Å². The number of piperazine rings is 1. The van der Waals surface area contributed by atoms with Gasteiger partial charge in [0.05, 0.1) is 20.8 Å². The normalized spacial score (nSPS) is 17.3. The van der Waals surface area contributed by atoms with Crippen molar-refractivity contribution in [2.24, 2.45) is 0 Å². The molecule has 1 aromatic carbocycles. The summed E-state index contributed by atoms with van der Waals surface area (Å²) < 4.78 is 1.04. The number of likely N-dealkylation sites (N-methyl/N-ethyl adjacent to an activating group) is 1. The molecule has 8 nitrogen and oxygen atoms in total. The van der Waals surface area contributed by atoms with Crippen molar-refractivity contribution in [1.29, 1.82) is 0 Å². The van der Waals surface area contributed by atoms with E-state index in [1.165, 1.54) is 0 Å². The molecule has 1 N–H and O–H groups in total. The van der Waals surface area contributed by atoms with E-state index in [1.807, 2.05) is 50.9 Å². The van der Waals surface area contributed by atoms with E-state index in [-0.39, 0.29) is 17.7 Å². The molecule has 0 unspecified atom stereocenters. The largest absolute Gasteiger partial charge is 0.335 e. The number of carbonyl (C=O) groups excluding carboxylic acids is 2. The summed E-state index contributed by atoms with van der Waals surface area (Å²) in [6.45, 7) is 7.46. The Morgan fingerprint density at radius 3 is 2.65 bits per heavy atom. The zero-order valence-electron chi connectivity index (χ0n) is 18.1. The highest BCUT2D eigenvalue weighted by Crippen LogP contribution is 2.25. The number of rotatable bonds is 4. The number of aromatic nitrogens is 3. The lowest BCUT2D eigenvalue weighted by molar-refractivity contribution is -0.122. The molecule has 1 aliphatic rings. The molecule has 9 heteroatoms. The van der Waals surface area contributed by atoms with E-state index in [1.54, 1.807) is 28.6 Å². The van der Waals surface area contributed by atoms with Gasteiger partial charge >= 0.3 is 0 Å². The third-order valence-corrected chi connectivity index (χ3v) is 6.37. The monoisotopic (exact) mass is 438 g/mol. The van der Waals surface area contributed by atoms with E-state index in [4.69, 9.17) is 0 Å². The van der Waals surface area contributed by atoms with E-state index in [9.17, 15) is 9.59 Å². The van der Waals surface area contributed by atoms with Gasteiger partial charge < -0.3 is 10.2 Å². The van der Waals surface area contributed by atoms with Gasteiger partial charge in [-0.15, -0.1) is 11.3 Å². The highest BCUT2D eigenvalue weighted by atomic mass is 32.1. The molecule has 3 aromatic rings. The summed E-state index contributed by atoms with van der Waals surface area (Å²) >= 11 is 1.60. The standard InChI is InChI=1S/C22H26N6O2S/c1-13(2)20-23-10-15(11-24-20)22(30)28-8-7-27(4)18(12-28)21(29)26-16-5-6-17-19(9-16)31-14(3)25-17/h5-6,9-11,13,18H,7-8,12H2,1-4H3,(H,26,29)/t18-/m1/s1. The number of hydrogen-bond donors (Lipinski definition) is 1. The van der Waals surface area contributed by atoms with Crippen LogP contribution in [0.4, 0.5) is 5.69 Å². The highest BCUT2D eigenvalue weighted by Gasteiger charge is 2.33. The lowest BCUT2D eigenvalue weighted by Gasteiger charge is -2.38. The number of thiazole rings is 1. The molecule has 1 fully saturated rings. The Hall–Kier alpha value is -2.91. The van der Waals surface area contributed by atoms with E-state index >= 15 is 0 Å². The first-order valence-electron chi connectivity index (χ1n) is 10.3. The van der Waals surface area contributed by atoms with Crippen LogP contribution in [-0.2, 0) is 4.79 Å². The molecule has 0 spiro atoms. The number of benzene rings is 1. The molecule has 2 aromatic heterocycles. The Morgan fingerprint density at radius 2 is 1.94 bits per heavy atom. The number of carbonyl (C=O) groups is 2. The second-order valence-corrected chi connectivity index (χ2v) is 9.37. The zero-order chi connectivity index (χ0) is 22.1. The molecule has 0 saturated carbocycles. The molecule has 162 valence electrons. The van der Waals surface area contributed by atoms with Crippen LogP contribution in [0.3, 0.4) is 0 Å². The molecule has 3 heterocycles. The summed E-state index contributed by atoms with van der Waals surface area (Å²) in [7, 11) is 1.91. The molecular formula is C22H26N6O2S. The Morgan fingerprint density at radius 1 is 1.19 bits per heavy atom. The topological polar surface area (TPSA) is 91.3 Å². The second-order valence-electron chi connectivity index (χ2n) is 8.14. The summed E-state index contributed by atoms with van der Waals surface area (Å²) in [5, 5.41) is 3.99. The number of fused-ring (bicyclic) bond motifs is 1. The highest BCUT2D eigenvalue weighted by molar-refractivity contribution is 7.18. The maximum Gasteiger partial charge on any atom is 0.257 e. The molecule has 31 heavy (non-hydrogen) atoms. The Bertz CT molecular complexity index is 1110. The first-order chi connectivity index (χ1) is 14.8. The van der Waals surface area contributed by atoms with Crippen LogP contribution in [0.25, 0.3) is 10.2 Å². The molecule has 1 saturated heterocycles. The number of amides is 2. The lowest BCUT2D eigenvalue weighted by Crippen LogP contribution is -2.57. The molecule has 1 aliphatic heterocycles. The van der Waals surface area contributed by atoms with Gasteiger partial charge in [-0.25, -0.2) is 15.0 Å². The summed E-state index contributed by atoms with van der Waals surface area (Å²) in [5.41, 5.74) is 2.10. The number of nitrogens with zero attached hydrogens (tertiary/aromatic N) is 5. The van der Waals surface area contributed by atoms with Gasteiger partial charge in [-0.2, -0.15) is 0 Å². The van der Waals surface area contributed by atoms with Crippen LogP contribution in [0.15, 0.2) is 30.6 Å². The fraction of sp³-hybridized carbons (Fsp3) is 0.409. The van der Waals surface area contributed by atoms with Crippen molar-refractivity contribution < 1.29 is 9.59 Å². The number of nitrogens with one attached hydrogen (secondary N) is 1. The smallest absolute Gasteiger partial charge is 0.257 e. The van der Waals surface area contributed by atoms with Crippen molar-refractivity contribution in [3.05, 3.63) is 47.0 Å². The van der Waals surface area contributed by atoms with Crippen molar-refractivity contribution >= 4 is 39.1 Å². The van der Waals surface area contributed by atoms with Gasteiger partial charge in [0.25, 0.3) is 5.91 Å². The first-order valence-corrected chi connectivity index (χ1v) is 11.1. The fourth-order valence-corrected chi connectivity index (χ4v) is 4.48. The first kappa shape index (κ1) is 21.3. The predicted molar refractivity (Wildman–Crippen MR) is 121 cm³/mol. The molecule has 0 bridgehead atoms. The van der Waals surface area contributed by atoms with Crippen LogP contribution in [0, 0.1) is 6.92 Å². The summed E-state index contributed by atoms with van der Waals surface area (Å²) in [6.07, 6.45) is 3.15. The average Bonchev–Trinajstić information content (AvgIpc) is 3.12. The van der Waals surface area contributed by atoms with Gasteiger partial charge in [-0.1, -0.05) is 13.8 Å². The summed E-state index contributed by atoms with van der Waals surface area (Å²) in [6, 6.07) is 5.28. The zero-order valence-corrected chi connectivity index (χ0v) is 18.9. The van der Waals surface area contributed by atoms with E-state index in [2.05, 4.69) is 20.3 Å². The van der Waals surface area contributed by atoms with Gasteiger partial charge in [-0.05, 0) is 32.2 Å². The van der Waals surface area contributed by atoms with Crippen LogP contribution in [-0.4, -0.2) is 69.3 Å². The SMILES string of the molecule is Cc1nc2ccc(NC(=O)[C@H]3CN(C(=O)c4cnc(C(C)C)nc4)CCN3C)cc2s1. The van der Waals surface area contributed by atoms with Crippen molar-refractivity contribution in [3.63, 3.8) is 0 Å². The van der Waals surface area contributed by atoms with E-state index < -0.39 is 6.04 Å². The quantitative estimate of drug-likeness (QED) is 0.674. The van der Waals surface area contributed by atoms with Gasteiger partial charge in [-0.3, -0.25) is 14.5 Å². The molecule has 0 aliphatic carbocycles. The number of aryl methyl sites for hydroxylation is 1. The predicted octanol–water partition coefficient (Wildman–Crippen LogP) is 2.91. The maximum atomic E-state index is 13.0. The third-order valence-electron chi connectivity index (χ3n) is 5.44. The van der Waals surface area contributed by atoms with Crippen molar-refractivity contribution in [2.45, 2.75) is 32.7 Å². The van der Waals surface area contributed by atoms with Crippen LogP contribution in [0.1, 0.15) is 41.0 Å². The molecule has 0 radical (unpaired) electrons. The molecular weight excluding hydrogens is 412 g/mol. The van der Waals surface area contributed by atoms with Crippen LogP contribution in [0.2, 0.25) is 0 Å². The summed E-state index contributed by atoms with van der Waals surface area (Å²) in [4.78, 5) is 42.7. The second kappa shape index (κ2) is 8.68. The molecule has 2 amide bonds. The van der Waals surface area contributed by atoms with Gasteiger partial charge in [0.1, 0.15) is 11.9 Å². The van der Waals surface area contributed by atoms with Crippen LogP contribution in [0.5, 0.6) is 0 Å². The minimum Gasteiger partial charge on any atom is -0.335 e. The van der Waals surface area contributed by atoms with E-state index in [0.29, 0.717) is 31.0 Å². The summed E-state index contributed by atoms with van der Waals surface area (Å²) in [5.74, 6) is 0.629. The van der Waals surface area contributed by atoms with Gasteiger partial charge in [0.2, 0.25) is 5.91 Å². The third kappa shape index (κ3) is 4.57. The minimum absolute atomic E-state index is 0.132. The van der Waals surface area contributed by atoms with Crippen molar-refractivity contribution in [1.82, 2.24) is 24.8 Å². The maximum absolute atomic E-state index is 13.0. The molecule has 1 atom stereocenters. The Balaban J connectivity index is 1.45. The van der Waals surface area contributed by atoms with E-state index in [0.717, 1.165) is 20.9 Å². The van der Waals surface area contributed by atoms with Gasteiger partial charge in [0, 0.05) is 43.6 Å². The Labute approximate surface area is 185 Å². The number of hydrogen-bond acceptors (Lipinski definition) is 7. The van der Waals surface area contributed by atoms with Crippen molar-refractivity contribution in [3.8, 4) is 0 Å². The number of anilines is 1. The van der Waals surface area contributed by atoms with Crippen LogP contribution < -0.4 is 5.32 Å².